The number of hydrogen-bond donors (Lipinski definition) is 1. The van der Waals surface area contributed by atoms with E-state index in [1.165, 1.54) is 12.8 Å². The SMILES string of the molecule is CCCn1c(CN)nnc1C1CC1. The summed E-state index contributed by atoms with van der Waals surface area (Å²) < 4.78 is 2.19. The zero-order valence-electron chi connectivity index (χ0n) is 8.03. The van der Waals surface area contributed by atoms with Crippen LogP contribution < -0.4 is 5.73 Å². The van der Waals surface area contributed by atoms with Gasteiger partial charge in [-0.05, 0) is 19.3 Å². The Morgan fingerprint density at radius 2 is 2.23 bits per heavy atom. The lowest BCUT2D eigenvalue weighted by Gasteiger charge is -2.06. The van der Waals surface area contributed by atoms with Gasteiger partial charge in [-0.3, -0.25) is 0 Å². The molecule has 0 aliphatic heterocycles. The van der Waals surface area contributed by atoms with Gasteiger partial charge in [0.15, 0.2) is 0 Å². The molecule has 72 valence electrons. The summed E-state index contributed by atoms with van der Waals surface area (Å²) in [6.07, 6.45) is 3.66. The van der Waals surface area contributed by atoms with Crippen molar-refractivity contribution in [3.8, 4) is 0 Å². The van der Waals surface area contributed by atoms with Crippen LogP contribution in [-0.4, -0.2) is 14.8 Å². The Hall–Kier alpha value is -0.900. The van der Waals surface area contributed by atoms with Gasteiger partial charge in [-0.1, -0.05) is 6.92 Å². The van der Waals surface area contributed by atoms with E-state index in [0.29, 0.717) is 12.5 Å². The molecule has 0 atom stereocenters. The van der Waals surface area contributed by atoms with Gasteiger partial charge in [-0.25, -0.2) is 0 Å². The molecule has 0 unspecified atom stereocenters. The van der Waals surface area contributed by atoms with Gasteiger partial charge < -0.3 is 10.3 Å². The Kier molecular flexibility index (Phi) is 2.31. The van der Waals surface area contributed by atoms with Gasteiger partial charge in [0.2, 0.25) is 0 Å². The predicted molar refractivity (Wildman–Crippen MR) is 50.2 cm³/mol. The Labute approximate surface area is 78.1 Å². The van der Waals surface area contributed by atoms with Gasteiger partial charge in [0.05, 0.1) is 6.54 Å². The largest absolute Gasteiger partial charge is 0.324 e. The van der Waals surface area contributed by atoms with Gasteiger partial charge in [0.1, 0.15) is 11.6 Å². The van der Waals surface area contributed by atoms with Gasteiger partial charge >= 0.3 is 0 Å². The Morgan fingerprint density at radius 1 is 1.46 bits per heavy atom. The summed E-state index contributed by atoms with van der Waals surface area (Å²) in [5, 5.41) is 8.30. The van der Waals surface area contributed by atoms with Gasteiger partial charge in [0, 0.05) is 12.5 Å². The topological polar surface area (TPSA) is 56.7 Å². The second-order valence-electron chi connectivity index (χ2n) is 3.60. The van der Waals surface area contributed by atoms with Crippen molar-refractivity contribution in [3.05, 3.63) is 11.6 Å². The molecule has 1 heterocycles. The highest BCUT2D eigenvalue weighted by molar-refractivity contribution is 5.08. The molecule has 1 aromatic heterocycles. The molecule has 1 saturated carbocycles. The summed E-state index contributed by atoms with van der Waals surface area (Å²) in [7, 11) is 0. The molecule has 4 nitrogen and oxygen atoms in total. The maximum absolute atomic E-state index is 5.59. The minimum Gasteiger partial charge on any atom is -0.324 e. The lowest BCUT2D eigenvalue weighted by molar-refractivity contribution is 0.609. The molecule has 0 amide bonds. The van der Waals surface area contributed by atoms with Crippen LogP contribution in [0.2, 0.25) is 0 Å². The molecule has 13 heavy (non-hydrogen) atoms. The quantitative estimate of drug-likeness (QED) is 0.752. The van der Waals surface area contributed by atoms with E-state index in [0.717, 1.165) is 24.6 Å². The van der Waals surface area contributed by atoms with E-state index in [-0.39, 0.29) is 0 Å². The van der Waals surface area contributed by atoms with Crippen molar-refractivity contribution >= 4 is 0 Å². The van der Waals surface area contributed by atoms with Crippen LogP contribution in [0.1, 0.15) is 43.8 Å². The van der Waals surface area contributed by atoms with Gasteiger partial charge in [-0.15, -0.1) is 10.2 Å². The fourth-order valence-electron chi connectivity index (χ4n) is 1.61. The smallest absolute Gasteiger partial charge is 0.146 e. The lowest BCUT2D eigenvalue weighted by atomic mass is 10.3. The highest BCUT2D eigenvalue weighted by Crippen LogP contribution is 2.39. The average Bonchev–Trinajstić information content (AvgIpc) is 2.90. The molecule has 0 aromatic carbocycles. The van der Waals surface area contributed by atoms with Crippen LogP contribution in [0.15, 0.2) is 0 Å². The number of hydrogen-bond acceptors (Lipinski definition) is 3. The predicted octanol–water partition coefficient (Wildman–Crippen LogP) is 1.02. The molecule has 2 N–H and O–H groups in total. The van der Waals surface area contributed by atoms with Crippen LogP contribution in [0.5, 0.6) is 0 Å². The molecule has 1 aliphatic carbocycles. The number of nitrogens with two attached hydrogens (primary N) is 1. The van der Waals surface area contributed by atoms with Crippen molar-refractivity contribution in [2.75, 3.05) is 0 Å². The second-order valence-corrected chi connectivity index (χ2v) is 3.60. The number of rotatable bonds is 4. The summed E-state index contributed by atoms with van der Waals surface area (Å²) in [5.41, 5.74) is 5.59. The molecule has 1 fully saturated rings. The standard InChI is InChI=1S/C9H16N4/c1-2-5-13-8(6-10)11-12-9(13)7-3-4-7/h7H,2-6,10H2,1H3. The van der Waals surface area contributed by atoms with E-state index in [9.17, 15) is 0 Å². The fourth-order valence-corrected chi connectivity index (χ4v) is 1.61. The van der Waals surface area contributed by atoms with Crippen LogP contribution in [0.25, 0.3) is 0 Å². The molecule has 0 spiro atoms. The van der Waals surface area contributed by atoms with Crippen molar-refractivity contribution in [2.24, 2.45) is 5.73 Å². The first-order valence-corrected chi connectivity index (χ1v) is 4.98. The Balaban J connectivity index is 2.26. The minimum absolute atomic E-state index is 0.500. The highest BCUT2D eigenvalue weighted by Gasteiger charge is 2.29. The van der Waals surface area contributed by atoms with Gasteiger partial charge in [0.25, 0.3) is 0 Å². The van der Waals surface area contributed by atoms with E-state index < -0.39 is 0 Å². The van der Waals surface area contributed by atoms with Crippen LogP contribution in [0.3, 0.4) is 0 Å². The van der Waals surface area contributed by atoms with Gasteiger partial charge in [-0.2, -0.15) is 0 Å². The van der Waals surface area contributed by atoms with Crippen LogP contribution >= 0.6 is 0 Å². The first-order valence-electron chi connectivity index (χ1n) is 4.98. The maximum atomic E-state index is 5.59. The molecular weight excluding hydrogens is 164 g/mol. The first kappa shape index (κ1) is 8.69. The second kappa shape index (κ2) is 3.46. The number of nitrogens with zero attached hydrogens (tertiary/aromatic N) is 3. The molecule has 0 radical (unpaired) electrons. The zero-order chi connectivity index (χ0) is 9.26. The first-order chi connectivity index (χ1) is 6.36. The summed E-state index contributed by atoms with van der Waals surface area (Å²) in [6.45, 7) is 3.67. The van der Waals surface area contributed by atoms with E-state index in [1.807, 2.05) is 0 Å². The van der Waals surface area contributed by atoms with Crippen LogP contribution in [-0.2, 0) is 13.1 Å². The third kappa shape index (κ3) is 1.58. The fraction of sp³-hybridized carbons (Fsp3) is 0.778. The molecule has 1 aromatic rings. The molecule has 2 rings (SSSR count). The van der Waals surface area contributed by atoms with E-state index in [1.54, 1.807) is 0 Å². The van der Waals surface area contributed by atoms with Crippen molar-refractivity contribution < 1.29 is 0 Å². The monoisotopic (exact) mass is 180 g/mol. The third-order valence-corrected chi connectivity index (χ3v) is 2.43. The van der Waals surface area contributed by atoms with E-state index in [2.05, 4.69) is 21.7 Å². The molecule has 4 heteroatoms. The zero-order valence-corrected chi connectivity index (χ0v) is 8.03. The van der Waals surface area contributed by atoms with Crippen molar-refractivity contribution in [1.82, 2.24) is 14.8 Å². The number of aromatic nitrogens is 3. The molecule has 0 saturated heterocycles. The summed E-state index contributed by atoms with van der Waals surface area (Å²) in [4.78, 5) is 0. The highest BCUT2D eigenvalue weighted by atomic mass is 15.3. The van der Waals surface area contributed by atoms with E-state index >= 15 is 0 Å². The maximum Gasteiger partial charge on any atom is 0.146 e. The van der Waals surface area contributed by atoms with Crippen molar-refractivity contribution in [3.63, 3.8) is 0 Å². The normalized spacial score (nSPS) is 16.5. The summed E-state index contributed by atoms with van der Waals surface area (Å²) in [6, 6.07) is 0. The Bertz CT molecular complexity index is 288. The summed E-state index contributed by atoms with van der Waals surface area (Å²) >= 11 is 0. The van der Waals surface area contributed by atoms with Crippen LogP contribution in [0, 0.1) is 0 Å². The van der Waals surface area contributed by atoms with Crippen LogP contribution in [0.4, 0.5) is 0 Å². The van der Waals surface area contributed by atoms with Crippen molar-refractivity contribution in [1.29, 1.82) is 0 Å². The average molecular weight is 180 g/mol. The molecule has 0 bridgehead atoms. The Morgan fingerprint density at radius 3 is 2.77 bits per heavy atom. The molecular formula is C9H16N4. The lowest BCUT2D eigenvalue weighted by Crippen LogP contribution is -2.10. The van der Waals surface area contributed by atoms with Crippen molar-refractivity contribution in [2.45, 2.75) is 45.2 Å². The molecule has 1 aliphatic rings. The summed E-state index contributed by atoms with van der Waals surface area (Å²) in [5.74, 6) is 2.76. The minimum atomic E-state index is 0.500. The third-order valence-electron chi connectivity index (χ3n) is 2.43. The van der Waals surface area contributed by atoms with E-state index in [4.69, 9.17) is 5.73 Å².